The molecule has 0 bridgehead atoms. The van der Waals surface area contributed by atoms with Crippen molar-refractivity contribution in [1.29, 1.82) is 0 Å². The minimum absolute atomic E-state index is 0.0331. The number of rotatable bonds is 4. The number of amides is 2. The van der Waals surface area contributed by atoms with E-state index in [1.807, 2.05) is 0 Å². The number of hydrogen-bond acceptors (Lipinski definition) is 4. The summed E-state index contributed by atoms with van der Waals surface area (Å²) in [6, 6.07) is -1.07. The van der Waals surface area contributed by atoms with E-state index in [1.165, 1.54) is 0 Å². The monoisotopic (exact) mass is 242 g/mol. The van der Waals surface area contributed by atoms with Gasteiger partial charge in [-0.3, -0.25) is 4.79 Å². The number of nitrogens with one attached hydrogen (secondary N) is 2. The molecule has 0 aromatic carbocycles. The molecule has 0 saturated carbocycles. The molecular formula is C11H18N2O4. The van der Waals surface area contributed by atoms with Gasteiger partial charge in [-0.15, -0.1) is 6.42 Å². The Hall–Kier alpha value is -1.74. The van der Waals surface area contributed by atoms with Gasteiger partial charge in [-0.1, -0.05) is 5.92 Å². The second-order valence-electron chi connectivity index (χ2n) is 4.30. The highest BCUT2D eigenvalue weighted by Gasteiger charge is 2.23. The topological polar surface area (TPSA) is 87.7 Å². The van der Waals surface area contributed by atoms with E-state index in [0.717, 1.165) is 0 Å². The average molecular weight is 242 g/mol. The maximum Gasteiger partial charge on any atom is 0.408 e. The summed E-state index contributed by atoms with van der Waals surface area (Å²) in [5.41, 5.74) is -0.667. The fourth-order valence-corrected chi connectivity index (χ4v) is 0.905. The van der Waals surface area contributed by atoms with Crippen LogP contribution in [0.15, 0.2) is 0 Å². The largest absolute Gasteiger partial charge is 0.444 e. The van der Waals surface area contributed by atoms with Crippen LogP contribution in [0.5, 0.6) is 0 Å². The summed E-state index contributed by atoms with van der Waals surface area (Å²) in [6.45, 7) is 4.58. The van der Waals surface area contributed by atoms with Gasteiger partial charge in [-0.05, 0) is 20.8 Å². The van der Waals surface area contributed by atoms with Crippen molar-refractivity contribution in [2.75, 3.05) is 13.2 Å². The Morgan fingerprint density at radius 2 is 2.06 bits per heavy atom. The van der Waals surface area contributed by atoms with Crippen LogP contribution in [-0.4, -0.2) is 41.9 Å². The number of carbonyl (C=O) groups excluding carboxylic acids is 2. The van der Waals surface area contributed by atoms with Crippen molar-refractivity contribution in [2.45, 2.75) is 32.4 Å². The van der Waals surface area contributed by atoms with E-state index in [-0.39, 0.29) is 6.54 Å². The molecule has 0 saturated heterocycles. The molecule has 96 valence electrons. The standard InChI is InChI=1S/C11H18N2O4/c1-5-6-12-9(15)8(7-14)13-10(16)17-11(2,3)4/h1,8,14H,6-7H2,2-4H3,(H,12,15)(H,13,16). The Kier molecular flexibility index (Phi) is 6.07. The lowest BCUT2D eigenvalue weighted by Gasteiger charge is -2.22. The lowest BCUT2D eigenvalue weighted by atomic mass is 10.2. The molecular weight excluding hydrogens is 224 g/mol. The molecule has 0 aromatic rings. The van der Waals surface area contributed by atoms with Gasteiger partial charge >= 0.3 is 6.09 Å². The molecule has 0 aliphatic rings. The third-order valence-electron chi connectivity index (χ3n) is 1.55. The molecule has 0 rings (SSSR count). The molecule has 6 nitrogen and oxygen atoms in total. The van der Waals surface area contributed by atoms with Gasteiger partial charge < -0.3 is 20.5 Å². The van der Waals surface area contributed by atoms with Gasteiger partial charge in [0.15, 0.2) is 0 Å². The molecule has 0 radical (unpaired) electrons. The second-order valence-corrected chi connectivity index (χ2v) is 4.30. The van der Waals surface area contributed by atoms with Gasteiger partial charge in [0.2, 0.25) is 5.91 Å². The Bertz CT molecular complexity index is 314. The molecule has 0 aliphatic carbocycles. The highest BCUT2D eigenvalue weighted by molar-refractivity contribution is 5.85. The number of aliphatic hydroxyl groups excluding tert-OH is 1. The molecule has 3 N–H and O–H groups in total. The molecule has 0 aliphatic heterocycles. The van der Waals surface area contributed by atoms with Crippen molar-refractivity contribution in [1.82, 2.24) is 10.6 Å². The van der Waals surface area contributed by atoms with Crippen LogP contribution in [0.1, 0.15) is 20.8 Å². The minimum atomic E-state index is -1.07. The molecule has 1 atom stereocenters. The fraction of sp³-hybridized carbons (Fsp3) is 0.636. The maximum atomic E-state index is 11.4. The maximum absolute atomic E-state index is 11.4. The lowest BCUT2D eigenvalue weighted by molar-refractivity contribution is -0.123. The Labute approximate surface area is 101 Å². The molecule has 0 fully saturated rings. The number of ether oxygens (including phenoxy) is 1. The van der Waals surface area contributed by atoms with Crippen molar-refractivity contribution in [2.24, 2.45) is 0 Å². The minimum Gasteiger partial charge on any atom is -0.444 e. The van der Waals surface area contributed by atoms with Crippen molar-refractivity contribution >= 4 is 12.0 Å². The molecule has 0 spiro atoms. The summed E-state index contributed by atoms with van der Waals surface area (Å²) in [6.07, 6.45) is 4.19. The van der Waals surface area contributed by atoms with Crippen molar-refractivity contribution in [3.63, 3.8) is 0 Å². The second kappa shape index (κ2) is 6.76. The summed E-state index contributed by atoms with van der Waals surface area (Å²) in [4.78, 5) is 22.7. The van der Waals surface area contributed by atoms with Gasteiger partial charge in [0.25, 0.3) is 0 Å². The van der Waals surface area contributed by atoms with Crippen molar-refractivity contribution < 1.29 is 19.4 Å². The fourth-order valence-electron chi connectivity index (χ4n) is 0.905. The third kappa shape index (κ3) is 7.19. The predicted octanol–water partition coefficient (Wildman–Crippen LogP) is -0.379. The molecule has 6 heteroatoms. The first-order valence-electron chi connectivity index (χ1n) is 5.11. The highest BCUT2D eigenvalue weighted by Crippen LogP contribution is 2.06. The molecule has 2 amide bonds. The zero-order valence-electron chi connectivity index (χ0n) is 10.2. The smallest absolute Gasteiger partial charge is 0.408 e. The number of carbonyl (C=O) groups is 2. The summed E-state index contributed by atoms with van der Waals surface area (Å²) in [5.74, 6) is 1.65. The first-order valence-corrected chi connectivity index (χ1v) is 5.11. The number of terminal acetylenes is 1. The van der Waals surface area contributed by atoms with Crippen LogP contribution in [-0.2, 0) is 9.53 Å². The normalized spacial score (nSPS) is 12.2. The van der Waals surface area contributed by atoms with Crippen LogP contribution in [0.2, 0.25) is 0 Å². The van der Waals surface area contributed by atoms with Gasteiger partial charge in [0, 0.05) is 0 Å². The Balaban J connectivity index is 4.26. The van der Waals surface area contributed by atoms with Gasteiger partial charge in [0.1, 0.15) is 11.6 Å². The summed E-state index contributed by atoms with van der Waals surface area (Å²) < 4.78 is 4.94. The van der Waals surface area contributed by atoms with E-state index in [4.69, 9.17) is 16.3 Å². The number of alkyl carbamates (subject to hydrolysis) is 1. The van der Waals surface area contributed by atoms with Gasteiger partial charge in [0.05, 0.1) is 13.2 Å². The quantitative estimate of drug-likeness (QED) is 0.586. The molecule has 1 unspecified atom stereocenters. The van der Waals surface area contributed by atoms with Gasteiger partial charge in [-0.2, -0.15) is 0 Å². The van der Waals surface area contributed by atoms with Crippen molar-refractivity contribution in [3.8, 4) is 12.3 Å². The zero-order valence-corrected chi connectivity index (χ0v) is 10.2. The van der Waals surface area contributed by atoms with E-state index in [0.29, 0.717) is 0 Å². The van der Waals surface area contributed by atoms with Crippen LogP contribution < -0.4 is 10.6 Å². The van der Waals surface area contributed by atoms with E-state index in [2.05, 4.69) is 16.6 Å². The first-order chi connectivity index (χ1) is 7.80. The predicted molar refractivity (Wildman–Crippen MR) is 62.1 cm³/mol. The SMILES string of the molecule is C#CCNC(=O)C(CO)NC(=O)OC(C)(C)C. The Morgan fingerprint density at radius 3 is 2.47 bits per heavy atom. The van der Waals surface area contributed by atoms with E-state index in [9.17, 15) is 9.59 Å². The first kappa shape index (κ1) is 15.3. The summed E-state index contributed by atoms with van der Waals surface area (Å²) in [7, 11) is 0. The zero-order chi connectivity index (χ0) is 13.5. The summed E-state index contributed by atoms with van der Waals surface area (Å²) in [5, 5.41) is 13.5. The van der Waals surface area contributed by atoms with Crippen molar-refractivity contribution in [3.05, 3.63) is 0 Å². The van der Waals surface area contributed by atoms with Crippen LogP contribution >= 0.6 is 0 Å². The Morgan fingerprint density at radius 1 is 1.47 bits per heavy atom. The molecule has 17 heavy (non-hydrogen) atoms. The van der Waals surface area contributed by atoms with E-state index < -0.39 is 30.3 Å². The van der Waals surface area contributed by atoms with E-state index >= 15 is 0 Å². The summed E-state index contributed by atoms with van der Waals surface area (Å²) >= 11 is 0. The van der Waals surface area contributed by atoms with Crippen LogP contribution in [0.3, 0.4) is 0 Å². The van der Waals surface area contributed by atoms with Crippen LogP contribution in [0.4, 0.5) is 4.79 Å². The van der Waals surface area contributed by atoms with Crippen LogP contribution in [0.25, 0.3) is 0 Å². The molecule has 0 aromatic heterocycles. The molecule has 0 heterocycles. The lowest BCUT2D eigenvalue weighted by Crippen LogP contribution is -2.50. The highest BCUT2D eigenvalue weighted by atomic mass is 16.6. The van der Waals surface area contributed by atoms with Gasteiger partial charge in [-0.25, -0.2) is 4.79 Å². The average Bonchev–Trinajstić information content (AvgIpc) is 2.19. The van der Waals surface area contributed by atoms with Crippen LogP contribution in [0, 0.1) is 12.3 Å². The number of aliphatic hydroxyl groups is 1. The number of hydrogen-bond donors (Lipinski definition) is 3. The van der Waals surface area contributed by atoms with E-state index in [1.54, 1.807) is 20.8 Å². The third-order valence-corrected chi connectivity index (χ3v) is 1.55.